The molecule has 0 radical (unpaired) electrons. The van der Waals surface area contributed by atoms with Gasteiger partial charge in [-0.1, -0.05) is 36.4 Å². The summed E-state index contributed by atoms with van der Waals surface area (Å²) in [5.74, 6) is 0.519. The van der Waals surface area contributed by atoms with E-state index in [-0.39, 0.29) is 18.0 Å². The maximum atomic E-state index is 12.9. The van der Waals surface area contributed by atoms with Gasteiger partial charge < -0.3 is 19.5 Å². The van der Waals surface area contributed by atoms with Crippen LogP contribution in [0.3, 0.4) is 0 Å². The number of fused-ring (bicyclic) bond motifs is 1. The first-order valence-electron chi connectivity index (χ1n) is 9.83. The summed E-state index contributed by atoms with van der Waals surface area (Å²) in [5.41, 5.74) is 2.17. The highest BCUT2D eigenvalue weighted by atomic mass is 16.2. The van der Waals surface area contributed by atoms with Crippen LogP contribution in [-0.4, -0.2) is 51.8 Å². The molecule has 1 N–H and O–H groups in total. The number of pyridine rings is 1. The molecule has 3 aromatic rings. The molecule has 1 fully saturated rings. The number of nitrogens with zero attached hydrogens (tertiary/aromatic N) is 4. The van der Waals surface area contributed by atoms with Crippen molar-refractivity contribution in [2.75, 3.05) is 20.6 Å². The van der Waals surface area contributed by atoms with Gasteiger partial charge in [0.05, 0.1) is 11.6 Å². The molecule has 4 rings (SSSR count). The van der Waals surface area contributed by atoms with Crippen LogP contribution in [0.25, 0.3) is 5.52 Å². The molecular formula is C22H25N5O2. The lowest BCUT2D eigenvalue weighted by atomic mass is 10.2. The number of hydrogen-bond acceptors (Lipinski definition) is 3. The number of likely N-dealkylation sites (tertiary alicyclic amines) is 1. The number of aromatic nitrogens is 2. The van der Waals surface area contributed by atoms with Crippen LogP contribution < -0.4 is 5.32 Å². The average Bonchev–Trinajstić information content (AvgIpc) is 3.37. The van der Waals surface area contributed by atoms with Gasteiger partial charge in [0.25, 0.3) is 5.91 Å². The van der Waals surface area contributed by atoms with Gasteiger partial charge >= 0.3 is 6.03 Å². The van der Waals surface area contributed by atoms with E-state index in [1.165, 1.54) is 0 Å². The number of urea groups is 1. The highest BCUT2D eigenvalue weighted by Gasteiger charge is 2.34. The molecule has 7 heteroatoms. The lowest BCUT2D eigenvalue weighted by Gasteiger charge is -2.27. The second kappa shape index (κ2) is 7.95. The van der Waals surface area contributed by atoms with Gasteiger partial charge in [-0.25, -0.2) is 9.78 Å². The van der Waals surface area contributed by atoms with Crippen LogP contribution in [0.1, 0.15) is 40.8 Å². The summed E-state index contributed by atoms with van der Waals surface area (Å²) in [6, 6.07) is 15.3. The highest BCUT2D eigenvalue weighted by molar-refractivity contribution is 5.99. The van der Waals surface area contributed by atoms with E-state index in [2.05, 4.69) is 5.32 Å². The van der Waals surface area contributed by atoms with Crippen LogP contribution in [-0.2, 0) is 6.54 Å². The third kappa shape index (κ3) is 3.68. The van der Waals surface area contributed by atoms with Crippen molar-refractivity contribution in [3.63, 3.8) is 0 Å². The molecule has 7 nitrogen and oxygen atoms in total. The number of nitrogens with one attached hydrogen (secondary N) is 1. The first-order chi connectivity index (χ1) is 14.1. The van der Waals surface area contributed by atoms with E-state index in [1.54, 1.807) is 19.0 Å². The van der Waals surface area contributed by atoms with Gasteiger partial charge in [0, 0.05) is 33.4 Å². The molecular weight excluding hydrogens is 366 g/mol. The zero-order valence-corrected chi connectivity index (χ0v) is 16.7. The van der Waals surface area contributed by atoms with Crippen LogP contribution in [0.15, 0.2) is 54.7 Å². The van der Waals surface area contributed by atoms with Crippen molar-refractivity contribution in [3.05, 3.63) is 71.8 Å². The Labute approximate surface area is 169 Å². The number of benzene rings is 1. The van der Waals surface area contributed by atoms with E-state index in [0.29, 0.717) is 18.8 Å². The van der Waals surface area contributed by atoms with Crippen LogP contribution in [0.4, 0.5) is 4.79 Å². The Balaban J connectivity index is 1.65. The number of amides is 3. The number of carbonyl (C=O) groups excluding carboxylic acids is 2. The Morgan fingerprint density at radius 2 is 1.90 bits per heavy atom. The third-order valence-corrected chi connectivity index (χ3v) is 5.27. The van der Waals surface area contributed by atoms with Crippen LogP contribution in [0.2, 0.25) is 0 Å². The minimum atomic E-state index is -0.215. The van der Waals surface area contributed by atoms with Gasteiger partial charge in [0.1, 0.15) is 5.82 Å². The molecule has 29 heavy (non-hydrogen) atoms. The average molecular weight is 391 g/mol. The molecule has 1 aliphatic heterocycles. The van der Waals surface area contributed by atoms with Gasteiger partial charge in [-0.05, 0) is 30.5 Å². The van der Waals surface area contributed by atoms with Crippen molar-refractivity contribution in [2.45, 2.75) is 25.4 Å². The summed E-state index contributed by atoms with van der Waals surface area (Å²) >= 11 is 0. The number of hydrogen-bond donors (Lipinski definition) is 1. The Kier molecular flexibility index (Phi) is 5.20. The van der Waals surface area contributed by atoms with Gasteiger partial charge in [-0.3, -0.25) is 4.79 Å². The monoisotopic (exact) mass is 391 g/mol. The molecule has 0 spiro atoms. The zero-order valence-electron chi connectivity index (χ0n) is 16.7. The molecule has 3 amide bonds. The molecule has 1 aliphatic rings. The summed E-state index contributed by atoms with van der Waals surface area (Å²) in [5, 5.41) is 2.96. The normalized spacial score (nSPS) is 16.2. The minimum absolute atomic E-state index is 0.0322. The summed E-state index contributed by atoms with van der Waals surface area (Å²) in [6.45, 7) is 1.13. The number of imidazole rings is 1. The van der Waals surface area contributed by atoms with Crippen molar-refractivity contribution in [3.8, 4) is 0 Å². The standard InChI is InChI=1S/C22H25N5O2/c1-25(2)22(29)27-14-8-12-18(27)20-24-19(17-11-6-7-13-26(17)20)21(28)23-15-16-9-4-3-5-10-16/h3-7,9-11,13,18H,8,12,14-15H2,1-2H3,(H,23,28). The van der Waals surface area contributed by atoms with E-state index >= 15 is 0 Å². The predicted molar refractivity (Wildman–Crippen MR) is 111 cm³/mol. The number of carbonyl (C=O) groups is 2. The Bertz CT molecular complexity index is 1030. The fraction of sp³-hybridized carbons (Fsp3) is 0.318. The Hall–Kier alpha value is -3.35. The van der Waals surface area contributed by atoms with Crippen molar-refractivity contribution in [1.82, 2.24) is 24.5 Å². The van der Waals surface area contributed by atoms with Crippen molar-refractivity contribution < 1.29 is 9.59 Å². The van der Waals surface area contributed by atoms with E-state index in [4.69, 9.17) is 4.98 Å². The smallest absolute Gasteiger partial charge is 0.320 e. The second-order valence-electron chi connectivity index (χ2n) is 7.47. The fourth-order valence-corrected chi connectivity index (χ4v) is 3.85. The number of rotatable bonds is 4. The zero-order chi connectivity index (χ0) is 20.4. The lowest BCUT2D eigenvalue weighted by molar-refractivity contribution is 0.0948. The van der Waals surface area contributed by atoms with Crippen LogP contribution in [0.5, 0.6) is 0 Å². The van der Waals surface area contributed by atoms with E-state index < -0.39 is 0 Å². The maximum Gasteiger partial charge on any atom is 0.320 e. The highest BCUT2D eigenvalue weighted by Crippen LogP contribution is 2.33. The predicted octanol–water partition coefficient (Wildman–Crippen LogP) is 3.08. The minimum Gasteiger partial charge on any atom is -0.347 e. The summed E-state index contributed by atoms with van der Waals surface area (Å²) < 4.78 is 1.93. The largest absolute Gasteiger partial charge is 0.347 e. The molecule has 3 heterocycles. The topological polar surface area (TPSA) is 70.0 Å². The lowest BCUT2D eigenvalue weighted by Crippen LogP contribution is -2.39. The van der Waals surface area contributed by atoms with Gasteiger partial charge in [-0.2, -0.15) is 0 Å². The van der Waals surface area contributed by atoms with Crippen molar-refractivity contribution in [2.24, 2.45) is 0 Å². The first kappa shape index (κ1) is 19.0. The van der Waals surface area contributed by atoms with Gasteiger partial charge in [-0.15, -0.1) is 0 Å². The second-order valence-corrected chi connectivity index (χ2v) is 7.47. The summed E-state index contributed by atoms with van der Waals surface area (Å²) in [6.07, 6.45) is 3.66. The first-order valence-corrected chi connectivity index (χ1v) is 9.83. The SMILES string of the molecule is CN(C)C(=O)N1CCCC1c1nc(C(=O)NCc2ccccc2)c2ccccn12. The molecule has 0 aliphatic carbocycles. The molecule has 1 unspecified atom stereocenters. The van der Waals surface area contributed by atoms with Crippen molar-refractivity contribution in [1.29, 1.82) is 0 Å². The molecule has 150 valence electrons. The van der Waals surface area contributed by atoms with Crippen molar-refractivity contribution >= 4 is 17.5 Å². The molecule has 0 bridgehead atoms. The fourth-order valence-electron chi connectivity index (χ4n) is 3.85. The molecule has 0 saturated carbocycles. The Morgan fingerprint density at radius 3 is 2.66 bits per heavy atom. The maximum absolute atomic E-state index is 12.9. The Morgan fingerprint density at radius 1 is 1.14 bits per heavy atom. The van der Waals surface area contributed by atoms with E-state index in [1.807, 2.05) is 64.0 Å². The molecule has 1 atom stereocenters. The van der Waals surface area contributed by atoms with Crippen LogP contribution in [0, 0.1) is 0 Å². The molecule has 1 saturated heterocycles. The quantitative estimate of drug-likeness (QED) is 0.743. The summed E-state index contributed by atoms with van der Waals surface area (Å²) in [7, 11) is 3.51. The molecule has 2 aromatic heterocycles. The summed E-state index contributed by atoms with van der Waals surface area (Å²) in [4.78, 5) is 33.6. The van der Waals surface area contributed by atoms with Gasteiger partial charge in [0.2, 0.25) is 0 Å². The van der Waals surface area contributed by atoms with Crippen LogP contribution >= 0.6 is 0 Å². The van der Waals surface area contributed by atoms with E-state index in [0.717, 1.165) is 29.7 Å². The molecule has 1 aromatic carbocycles. The third-order valence-electron chi connectivity index (χ3n) is 5.27. The van der Waals surface area contributed by atoms with E-state index in [9.17, 15) is 9.59 Å². The van der Waals surface area contributed by atoms with Gasteiger partial charge in [0.15, 0.2) is 5.69 Å².